The van der Waals surface area contributed by atoms with E-state index in [2.05, 4.69) is 5.09 Å². The zero-order chi connectivity index (χ0) is 8.32. The molecule has 2 N–H and O–H groups in total. The van der Waals surface area contributed by atoms with Gasteiger partial charge in [0.1, 0.15) is 6.42 Å². The molecule has 1 unspecified atom stereocenters. The van der Waals surface area contributed by atoms with E-state index >= 15 is 0 Å². The molecule has 0 saturated heterocycles. The molecule has 0 aromatic heterocycles. The molecule has 0 heterocycles. The SMILES string of the molecule is CP(O)(=S)Nc1ccccc1. The van der Waals surface area contributed by atoms with Gasteiger partial charge in [-0.15, -0.1) is 0 Å². The Morgan fingerprint density at radius 3 is 2.36 bits per heavy atom. The van der Waals surface area contributed by atoms with Crippen LogP contribution in [0.3, 0.4) is 0 Å². The Morgan fingerprint density at radius 1 is 1.36 bits per heavy atom. The van der Waals surface area contributed by atoms with Crippen LogP contribution in [0.4, 0.5) is 5.69 Å². The second kappa shape index (κ2) is 3.35. The van der Waals surface area contributed by atoms with Gasteiger partial charge in [0, 0.05) is 12.4 Å². The molecule has 11 heavy (non-hydrogen) atoms. The smallest absolute Gasteiger partial charge is 0.147 e. The van der Waals surface area contributed by atoms with Crippen molar-refractivity contribution in [3.63, 3.8) is 0 Å². The van der Waals surface area contributed by atoms with Gasteiger partial charge >= 0.3 is 0 Å². The summed E-state index contributed by atoms with van der Waals surface area (Å²) in [6, 6.07) is 9.46. The Hall–Kier alpha value is -0.370. The molecule has 1 atom stereocenters. The molecule has 0 radical (unpaired) electrons. The molecule has 1 rings (SSSR count). The summed E-state index contributed by atoms with van der Waals surface area (Å²) in [6.07, 6.45) is -2.30. The third-order valence-corrected chi connectivity index (χ3v) is 2.06. The van der Waals surface area contributed by atoms with Crippen LogP contribution < -0.4 is 5.09 Å². The molecular formula is C7H10NOPS. The normalized spacial score (nSPS) is 15.5. The van der Waals surface area contributed by atoms with Crippen molar-refractivity contribution in [2.75, 3.05) is 11.8 Å². The van der Waals surface area contributed by atoms with Gasteiger partial charge in [-0.05, 0) is 23.9 Å². The number of hydrogen-bond donors (Lipinski definition) is 2. The molecule has 0 amide bonds. The third kappa shape index (κ3) is 3.51. The highest BCUT2D eigenvalue weighted by Gasteiger charge is 2.01. The molecule has 60 valence electrons. The van der Waals surface area contributed by atoms with Crippen molar-refractivity contribution < 1.29 is 4.89 Å². The van der Waals surface area contributed by atoms with Crippen molar-refractivity contribution in [2.45, 2.75) is 0 Å². The standard InChI is InChI=1S/C7H10NOPS/c1-10(9,11)8-7-5-3-2-4-6-7/h2-6H,1H3,(H2,8,9,11). The summed E-state index contributed by atoms with van der Waals surface area (Å²) in [6.45, 7) is 1.63. The average Bonchev–Trinajstić information content (AvgIpc) is 1.85. The first kappa shape index (κ1) is 8.72. The molecule has 0 bridgehead atoms. The van der Waals surface area contributed by atoms with Crippen molar-refractivity contribution in [3.8, 4) is 0 Å². The second-order valence-corrected chi connectivity index (χ2v) is 6.47. The zero-order valence-corrected chi connectivity index (χ0v) is 7.90. The minimum absolute atomic E-state index is 0.876. The molecule has 1 aromatic rings. The summed E-state index contributed by atoms with van der Waals surface area (Å²) in [4.78, 5) is 9.29. The molecule has 4 heteroatoms. The lowest BCUT2D eigenvalue weighted by Crippen LogP contribution is -1.92. The van der Waals surface area contributed by atoms with Crippen LogP contribution in [-0.4, -0.2) is 11.6 Å². The number of nitrogens with one attached hydrogen (secondary N) is 1. The largest absolute Gasteiger partial charge is 0.350 e. The molecule has 0 saturated carbocycles. The van der Waals surface area contributed by atoms with Gasteiger partial charge in [-0.25, -0.2) is 0 Å². The fourth-order valence-corrected chi connectivity index (χ4v) is 1.70. The van der Waals surface area contributed by atoms with E-state index in [9.17, 15) is 4.89 Å². The van der Waals surface area contributed by atoms with Crippen LogP contribution in [0.2, 0.25) is 0 Å². The van der Waals surface area contributed by atoms with E-state index in [0.717, 1.165) is 5.69 Å². The van der Waals surface area contributed by atoms with Crippen LogP contribution in [0.25, 0.3) is 0 Å². The van der Waals surface area contributed by atoms with Crippen LogP contribution in [0, 0.1) is 0 Å². The summed E-state index contributed by atoms with van der Waals surface area (Å²) in [7, 11) is 0. The number of hydrogen-bond acceptors (Lipinski definition) is 1. The molecule has 0 aliphatic heterocycles. The summed E-state index contributed by atoms with van der Waals surface area (Å²) in [5.74, 6) is 0. The van der Waals surface area contributed by atoms with Gasteiger partial charge in [0.05, 0.1) is 0 Å². The fourth-order valence-electron chi connectivity index (χ4n) is 0.752. The topological polar surface area (TPSA) is 32.3 Å². The second-order valence-electron chi connectivity index (χ2n) is 2.36. The molecule has 0 aliphatic rings. The highest BCUT2D eigenvalue weighted by Crippen LogP contribution is 2.35. The lowest BCUT2D eigenvalue weighted by atomic mass is 10.3. The van der Waals surface area contributed by atoms with Gasteiger partial charge in [-0.2, -0.15) is 0 Å². The van der Waals surface area contributed by atoms with Gasteiger partial charge in [0.15, 0.2) is 0 Å². The first-order valence-electron chi connectivity index (χ1n) is 3.21. The fraction of sp³-hybridized carbons (Fsp3) is 0.143. The highest BCUT2D eigenvalue weighted by atomic mass is 32.4. The van der Waals surface area contributed by atoms with Gasteiger partial charge in [-0.1, -0.05) is 18.2 Å². The molecular weight excluding hydrogens is 177 g/mol. The zero-order valence-electron chi connectivity index (χ0n) is 6.19. The Balaban J connectivity index is 2.74. The monoisotopic (exact) mass is 187 g/mol. The lowest BCUT2D eigenvalue weighted by Gasteiger charge is -2.11. The van der Waals surface area contributed by atoms with Gasteiger partial charge < -0.3 is 9.98 Å². The van der Waals surface area contributed by atoms with E-state index in [1.54, 1.807) is 6.66 Å². The van der Waals surface area contributed by atoms with E-state index in [1.165, 1.54) is 0 Å². The van der Waals surface area contributed by atoms with Crippen molar-refractivity contribution in [2.24, 2.45) is 0 Å². The minimum Gasteiger partial charge on any atom is -0.350 e. The third-order valence-electron chi connectivity index (χ3n) is 1.11. The Bertz CT molecular complexity index is 269. The van der Waals surface area contributed by atoms with Gasteiger partial charge in [0.25, 0.3) is 0 Å². The van der Waals surface area contributed by atoms with Crippen molar-refractivity contribution in [3.05, 3.63) is 30.3 Å². The van der Waals surface area contributed by atoms with E-state index in [0.29, 0.717) is 0 Å². The van der Waals surface area contributed by atoms with Crippen LogP contribution in [0.15, 0.2) is 30.3 Å². The Kier molecular flexibility index (Phi) is 2.66. The number of anilines is 1. The summed E-state index contributed by atoms with van der Waals surface area (Å²) in [5.41, 5.74) is 0.876. The predicted molar refractivity (Wildman–Crippen MR) is 52.5 cm³/mol. The maximum Gasteiger partial charge on any atom is 0.147 e. The summed E-state index contributed by atoms with van der Waals surface area (Å²) < 4.78 is 0. The lowest BCUT2D eigenvalue weighted by molar-refractivity contribution is 0.634. The first-order chi connectivity index (χ1) is 5.08. The summed E-state index contributed by atoms with van der Waals surface area (Å²) >= 11 is 4.82. The highest BCUT2D eigenvalue weighted by molar-refractivity contribution is 8.12. The van der Waals surface area contributed by atoms with Gasteiger partial charge in [0.2, 0.25) is 0 Å². The molecule has 2 nitrogen and oxygen atoms in total. The quantitative estimate of drug-likeness (QED) is 0.695. The maximum atomic E-state index is 9.29. The molecule has 0 spiro atoms. The van der Waals surface area contributed by atoms with Crippen molar-refractivity contribution in [1.29, 1.82) is 0 Å². The Labute approximate surface area is 71.4 Å². The number of benzene rings is 1. The van der Waals surface area contributed by atoms with E-state index < -0.39 is 6.42 Å². The average molecular weight is 187 g/mol. The van der Waals surface area contributed by atoms with Crippen molar-refractivity contribution >= 4 is 23.9 Å². The number of para-hydroxylation sites is 1. The van der Waals surface area contributed by atoms with Crippen LogP contribution in [-0.2, 0) is 11.8 Å². The van der Waals surface area contributed by atoms with Crippen molar-refractivity contribution in [1.82, 2.24) is 0 Å². The van der Waals surface area contributed by atoms with E-state index in [4.69, 9.17) is 11.8 Å². The minimum atomic E-state index is -2.30. The summed E-state index contributed by atoms with van der Waals surface area (Å²) in [5, 5.41) is 2.86. The van der Waals surface area contributed by atoms with Crippen LogP contribution in [0.5, 0.6) is 0 Å². The van der Waals surface area contributed by atoms with Gasteiger partial charge in [-0.3, -0.25) is 0 Å². The molecule has 0 fully saturated rings. The maximum absolute atomic E-state index is 9.29. The van der Waals surface area contributed by atoms with E-state index in [-0.39, 0.29) is 0 Å². The molecule has 1 aromatic carbocycles. The predicted octanol–water partition coefficient (Wildman–Crippen LogP) is 2.03. The van der Waals surface area contributed by atoms with E-state index in [1.807, 2.05) is 30.3 Å². The number of rotatable bonds is 2. The first-order valence-corrected chi connectivity index (χ1v) is 6.42. The van der Waals surface area contributed by atoms with Crippen LogP contribution >= 0.6 is 6.42 Å². The van der Waals surface area contributed by atoms with Crippen LogP contribution in [0.1, 0.15) is 0 Å². The Morgan fingerprint density at radius 2 is 1.91 bits per heavy atom. The molecule has 0 aliphatic carbocycles.